The predicted molar refractivity (Wildman–Crippen MR) is 127 cm³/mol. The van der Waals surface area contributed by atoms with Gasteiger partial charge in [0.15, 0.2) is 5.69 Å². The Morgan fingerprint density at radius 3 is 2.47 bits per heavy atom. The lowest BCUT2D eigenvalue weighted by atomic mass is 10.1. The number of alkyl halides is 3. The Bertz CT molecular complexity index is 1320. The molecule has 0 bridgehead atoms. The van der Waals surface area contributed by atoms with Crippen molar-refractivity contribution in [3.05, 3.63) is 77.4 Å². The van der Waals surface area contributed by atoms with Gasteiger partial charge in [-0.05, 0) is 35.1 Å². The number of halogens is 3. The number of carboxylic acids is 1. The van der Waals surface area contributed by atoms with Crippen molar-refractivity contribution in [1.29, 1.82) is 0 Å². The maximum atomic E-state index is 12.8. The van der Waals surface area contributed by atoms with E-state index in [2.05, 4.69) is 15.1 Å². The summed E-state index contributed by atoms with van der Waals surface area (Å²) in [6, 6.07) is 11.1. The Morgan fingerprint density at radius 2 is 1.89 bits per heavy atom. The second kappa shape index (κ2) is 11.5. The second-order valence-corrected chi connectivity index (χ2v) is 7.70. The summed E-state index contributed by atoms with van der Waals surface area (Å²) in [6.45, 7) is 2.99. The maximum Gasteiger partial charge on any atom is 0.436 e. The van der Waals surface area contributed by atoms with Gasteiger partial charge in [0, 0.05) is 36.6 Å². The van der Waals surface area contributed by atoms with Crippen LogP contribution in [-0.4, -0.2) is 37.4 Å². The summed E-state index contributed by atoms with van der Waals surface area (Å²) < 4.78 is 44.5. The summed E-state index contributed by atoms with van der Waals surface area (Å²) in [6.07, 6.45) is 0.00890. The van der Waals surface area contributed by atoms with E-state index in [9.17, 15) is 18.0 Å². The predicted octanol–water partition coefficient (Wildman–Crippen LogP) is 4.11. The van der Waals surface area contributed by atoms with Gasteiger partial charge in [-0.15, -0.1) is 0 Å². The molecule has 0 saturated heterocycles. The first kappa shape index (κ1) is 26.4. The molecule has 190 valence electrons. The molecule has 0 aliphatic rings. The van der Waals surface area contributed by atoms with Crippen LogP contribution in [0.5, 0.6) is 5.88 Å². The van der Waals surface area contributed by atoms with Crippen LogP contribution >= 0.6 is 0 Å². The third kappa shape index (κ3) is 6.69. The number of carboxylic acid groups (broad SMARTS) is 1. The van der Waals surface area contributed by atoms with Gasteiger partial charge in [0.2, 0.25) is 5.88 Å². The molecule has 3 heterocycles. The number of carbonyl (C=O) groups is 1. The molecule has 0 aliphatic carbocycles. The number of fused-ring (bicyclic) bond motifs is 1. The number of hydrogen-bond acceptors (Lipinski definition) is 7. The fourth-order valence-electron chi connectivity index (χ4n) is 3.23. The Morgan fingerprint density at radius 1 is 1.14 bits per heavy atom. The van der Waals surface area contributed by atoms with E-state index in [4.69, 9.17) is 21.3 Å². The van der Waals surface area contributed by atoms with E-state index < -0.39 is 23.4 Å². The zero-order valence-corrected chi connectivity index (χ0v) is 19.4. The lowest BCUT2D eigenvalue weighted by molar-refractivity contribution is -0.142. The molecule has 36 heavy (non-hydrogen) atoms. The van der Waals surface area contributed by atoms with Crippen LogP contribution in [0.4, 0.5) is 19.0 Å². The van der Waals surface area contributed by atoms with E-state index in [0.717, 1.165) is 33.6 Å². The van der Waals surface area contributed by atoms with Crippen LogP contribution in [0.15, 0.2) is 55.0 Å². The van der Waals surface area contributed by atoms with Crippen molar-refractivity contribution in [3.8, 4) is 5.88 Å². The molecule has 0 aliphatic heterocycles. The first-order valence-electron chi connectivity index (χ1n) is 10.9. The molecule has 0 radical (unpaired) electrons. The molecule has 12 heteroatoms. The highest BCUT2D eigenvalue weighted by atomic mass is 19.4. The lowest BCUT2D eigenvalue weighted by Gasteiger charge is -2.05. The fraction of sp³-hybridized carbons (Fsp3) is 0.250. The van der Waals surface area contributed by atoms with Gasteiger partial charge in [-0.25, -0.2) is 14.8 Å². The molecule has 3 aromatic heterocycles. The minimum Gasteiger partial charge on any atom is -0.478 e. The normalized spacial score (nSPS) is 11.1. The highest BCUT2D eigenvalue weighted by molar-refractivity contribution is 5.91. The van der Waals surface area contributed by atoms with E-state index in [-0.39, 0.29) is 6.54 Å². The van der Waals surface area contributed by atoms with Gasteiger partial charge in [-0.2, -0.15) is 18.3 Å². The van der Waals surface area contributed by atoms with Gasteiger partial charge >= 0.3 is 12.1 Å². The van der Waals surface area contributed by atoms with E-state index in [1.807, 2.05) is 31.2 Å². The van der Waals surface area contributed by atoms with Crippen molar-refractivity contribution in [3.63, 3.8) is 0 Å². The number of aromatic nitrogens is 4. The molecule has 0 atom stereocenters. The van der Waals surface area contributed by atoms with Crippen LogP contribution in [0.25, 0.3) is 10.8 Å². The highest BCUT2D eigenvalue weighted by Crippen LogP contribution is 2.30. The van der Waals surface area contributed by atoms with Gasteiger partial charge in [0.25, 0.3) is 0 Å². The quantitative estimate of drug-likeness (QED) is 0.343. The summed E-state index contributed by atoms with van der Waals surface area (Å²) in [5.74, 6) is -0.690. The van der Waals surface area contributed by atoms with Gasteiger partial charge in [0.1, 0.15) is 11.4 Å². The van der Waals surface area contributed by atoms with Crippen LogP contribution in [-0.2, 0) is 19.3 Å². The summed E-state index contributed by atoms with van der Waals surface area (Å²) in [5, 5.41) is 14.2. The van der Waals surface area contributed by atoms with E-state index >= 15 is 0 Å². The number of hydrogen-bond donors (Lipinski definition) is 3. The molecule has 0 unspecified atom stereocenters. The summed E-state index contributed by atoms with van der Waals surface area (Å²) in [7, 11) is 0. The van der Waals surface area contributed by atoms with Crippen molar-refractivity contribution in [2.45, 2.75) is 32.6 Å². The third-order valence-corrected chi connectivity index (χ3v) is 4.95. The van der Waals surface area contributed by atoms with Crippen molar-refractivity contribution in [1.82, 2.24) is 19.7 Å². The molecular formula is C24H25F3N6O3. The van der Waals surface area contributed by atoms with E-state index in [1.165, 1.54) is 6.20 Å². The number of nitrogen functional groups attached to an aromatic ring is 1. The van der Waals surface area contributed by atoms with Crippen molar-refractivity contribution >= 4 is 22.6 Å². The zero-order valence-electron chi connectivity index (χ0n) is 19.4. The van der Waals surface area contributed by atoms with Crippen LogP contribution in [0.2, 0.25) is 0 Å². The molecule has 0 amide bonds. The molecule has 5 N–H and O–H groups in total. The molecule has 4 rings (SSSR count). The molecule has 1 aromatic carbocycles. The van der Waals surface area contributed by atoms with Crippen LogP contribution in [0.3, 0.4) is 0 Å². The second-order valence-electron chi connectivity index (χ2n) is 7.70. The first-order chi connectivity index (χ1) is 17.1. The number of ether oxygens (including phenoxy) is 1. The first-order valence-corrected chi connectivity index (χ1v) is 10.9. The van der Waals surface area contributed by atoms with Crippen molar-refractivity contribution in [2.75, 3.05) is 12.3 Å². The molecule has 9 nitrogen and oxygen atoms in total. The molecule has 4 aromatic rings. The molecule has 0 fully saturated rings. The minimum atomic E-state index is -4.82. The third-order valence-electron chi connectivity index (χ3n) is 4.95. The van der Waals surface area contributed by atoms with E-state index in [1.54, 1.807) is 18.3 Å². The van der Waals surface area contributed by atoms with Crippen molar-refractivity contribution < 1.29 is 27.8 Å². The number of anilines is 1. The number of nitrogens with two attached hydrogens (primary N) is 2. The Balaban J connectivity index is 0.000000233. The number of rotatable bonds is 7. The topological polar surface area (TPSA) is 142 Å². The molecular weight excluding hydrogens is 477 g/mol. The smallest absolute Gasteiger partial charge is 0.436 e. The van der Waals surface area contributed by atoms with Crippen LogP contribution in [0, 0.1) is 0 Å². The number of benzene rings is 1. The SMILES string of the molecule is CCCOc1ccc(Cn2cc(C(=O)O)c(C(F)(F)F)n2)cn1.NCc1ccc2c(N)nccc2c1. The number of pyridine rings is 2. The fourth-order valence-corrected chi connectivity index (χ4v) is 3.23. The van der Waals surface area contributed by atoms with Crippen LogP contribution < -0.4 is 16.2 Å². The average molecular weight is 502 g/mol. The molecule has 0 saturated carbocycles. The van der Waals surface area contributed by atoms with Crippen LogP contribution in [0.1, 0.15) is 40.5 Å². The van der Waals surface area contributed by atoms with Gasteiger partial charge in [0.05, 0.1) is 13.2 Å². The monoisotopic (exact) mass is 502 g/mol. The maximum absolute atomic E-state index is 12.8. The lowest BCUT2D eigenvalue weighted by Crippen LogP contribution is -2.12. The van der Waals surface area contributed by atoms with Gasteiger partial charge in [-0.1, -0.05) is 25.1 Å². The number of nitrogens with zero attached hydrogens (tertiary/aromatic N) is 4. The minimum absolute atomic E-state index is 0.0303. The Labute approximate surface area is 204 Å². The Kier molecular flexibility index (Phi) is 8.43. The largest absolute Gasteiger partial charge is 0.478 e. The highest BCUT2D eigenvalue weighted by Gasteiger charge is 2.39. The zero-order chi connectivity index (χ0) is 26.3. The van der Waals surface area contributed by atoms with Crippen molar-refractivity contribution in [2.24, 2.45) is 5.73 Å². The average Bonchev–Trinajstić information content (AvgIpc) is 3.29. The number of aromatic carboxylic acids is 1. The van der Waals surface area contributed by atoms with Gasteiger partial charge < -0.3 is 21.3 Å². The summed E-state index contributed by atoms with van der Waals surface area (Å²) >= 11 is 0. The summed E-state index contributed by atoms with van der Waals surface area (Å²) in [5.41, 5.74) is 10.6. The van der Waals surface area contributed by atoms with Gasteiger partial charge in [-0.3, -0.25) is 4.68 Å². The Hall–Kier alpha value is -4.19. The standard InChI is InChI=1S/C14H14F3N3O3.C10H11N3/c1-2-5-23-11-4-3-9(6-18-11)7-20-8-10(13(21)22)12(19-20)14(15,16)17;11-6-7-1-2-9-8(5-7)3-4-13-10(9)12/h3-4,6,8H,2,5,7H2,1H3,(H,21,22);1-5H,6,11H2,(H2,12,13). The van der Waals surface area contributed by atoms with E-state index in [0.29, 0.717) is 30.4 Å². The molecule has 0 spiro atoms. The summed E-state index contributed by atoms with van der Waals surface area (Å²) in [4.78, 5) is 18.9.